The Morgan fingerprint density at radius 2 is 1.45 bits per heavy atom. The summed E-state index contributed by atoms with van der Waals surface area (Å²) in [6, 6.07) is 21.4. The predicted molar refractivity (Wildman–Crippen MR) is 123 cm³/mol. The largest absolute Gasteiger partial charge is 0.480 e. The third-order valence-electron chi connectivity index (χ3n) is 5.83. The fraction of sp³-hybridized carbons (Fsp3) is 0.167. The first kappa shape index (κ1) is 23.0. The van der Waals surface area contributed by atoms with Gasteiger partial charge in [0, 0.05) is 10.9 Å². The highest BCUT2D eigenvalue weighted by Gasteiger charge is 2.63. The summed E-state index contributed by atoms with van der Waals surface area (Å²) in [7, 11) is -4.43. The molecule has 7 nitrogen and oxygen atoms in total. The van der Waals surface area contributed by atoms with Gasteiger partial charge in [-0.05, 0) is 47.4 Å². The zero-order valence-corrected chi connectivity index (χ0v) is 18.8. The van der Waals surface area contributed by atoms with Crippen molar-refractivity contribution in [1.82, 2.24) is 5.32 Å². The molecule has 4 rings (SSSR count). The normalized spacial score (nSPS) is 20.7. The third-order valence-corrected chi connectivity index (χ3v) is 7.95. The molecule has 0 bridgehead atoms. The van der Waals surface area contributed by atoms with Crippen molar-refractivity contribution in [1.29, 1.82) is 0 Å². The Morgan fingerprint density at radius 3 is 1.97 bits per heavy atom. The Balaban J connectivity index is 1.62. The van der Waals surface area contributed by atoms with Crippen molar-refractivity contribution in [2.24, 2.45) is 0 Å². The topological polar surface area (TPSA) is 121 Å². The van der Waals surface area contributed by atoms with E-state index in [1.807, 2.05) is 0 Å². The smallest absolute Gasteiger partial charge is 0.337 e. The maximum absolute atomic E-state index is 13.2. The highest BCUT2D eigenvalue weighted by molar-refractivity contribution is 7.92. The van der Waals surface area contributed by atoms with E-state index in [1.165, 1.54) is 12.1 Å². The van der Waals surface area contributed by atoms with Gasteiger partial charge in [0.25, 0.3) is 0 Å². The molecular formula is C24H20ClNO6S. The maximum atomic E-state index is 13.2. The number of rotatable bonds is 8. The van der Waals surface area contributed by atoms with Crippen LogP contribution >= 0.6 is 11.6 Å². The van der Waals surface area contributed by atoms with Gasteiger partial charge in [-0.3, -0.25) is 10.1 Å². The number of halogens is 1. The van der Waals surface area contributed by atoms with Gasteiger partial charge in [-0.15, -0.1) is 0 Å². The molecule has 1 aliphatic rings. The number of benzene rings is 3. The first-order valence-corrected chi connectivity index (χ1v) is 12.0. The van der Waals surface area contributed by atoms with E-state index >= 15 is 0 Å². The predicted octanol–water partition coefficient (Wildman–Crippen LogP) is 3.79. The van der Waals surface area contributed by atoms with E-state index in [9.17, 15) is 28.2 Å². The van der Waals surface area contributed by atoms with Gasteiger partial charge in [0.2, 0.25) is 15.2 Å². The monoisotopic (exact) mass is 485 g/mol. The second-order valence-corrected chi connectivity index (χ2v) is 10.4. The summed E-state index contributed by atoms with van der Waals surface area (Å²) in [5, 5.41) is 20.4. The standard InChI is InChI=1S/C24H20ClNO6S/c25-18-10-6-15(7-11-18)16-8-12-19(13-9-16)33(31,32)21(22(27)28)26-24(23(29)30)14-20(24)17-4-2-1-3-5-17/h1-13,20-21,26H,14H2,(H,27,28)(H,29,30). The quantitative estimate of drug-likeness (QED) is 0.443. The van der Waals surface area contributed by atoms with Crippen LogP contribution < -0.4 is 5.32 Å². The summed E-state index contributed by atoms with van der Waals surface area (Å²) >= 11 is 5.89. The van der Waals surface area contributed by atoms with E-state index in [-0.39, 0.29) is 11.3 Å². The molecule has 0 aliphatic heterocycles. The van der Waals surface area contributed by atoms with Crippen LogP contribution in [0.3, 0.4) is 0 Å². The van der Waals surface area contributed by atoms with Crippen LogP contribution in [0, 0.1) is 0 Å². The molecular weight excluding hydrogens is 466 g/mol. The van der Waals surface area contributed by atoms with Gasteiger partial charge < -0.3 is 10.2 Å². The van der Waals surface area contributed by atoms with Crippen LogP contribution in [0.2, 0.25) is 5.02 Å². The first-order valence-electron chi connectivity index (χ1n) is 10.0. The van der Waals surface area contributed by atoms with Crippen molar-refractivity contribution >= 4 is 33.4 Å². The minimum atomic E-state index is -4.43. The summed E-state index contributed by atoms with van der Waals surface area (Å²) < 4.78 is 26.4. The van der Waals surface area contributed by atoms with Crippen LogP contribution in [-0.2, 0) is 19.4 Å². The lowest BCUT2D eigenvalue weighted by molar-refractivity contribution is -0.142. The molecule has 3 N–H and O–H groups in total. The van der Waals surface area contributed by atoms with Gasteiger partial charge in [-0.25, -0.2) is 13.2 Å². The van der Waals surface area contributed by atoms with E-state index in [2.05, 4.69) is 5.32 Å². The van der Waals surface area contributed by atoms with Crippen molar-refractivity contribution in [3.05, 3.63) is 89.4 Å². The first-order chi connectivity index (χ1) is 15.6. The van der Waals surface area contributed by atoms with Crippen LogP contribution in [0.15, 0.2) is 83.8 Å². The van der Waals surface area contributed by atoms with E-state index < -0.39 is 38.6 Å². The molecule has 0 aromatic heterocycles. The van der Waals surface area contributed by atoms with Crippen LogP contribution in [0.5, 0.6) is 0 Å². The molecule has 3 aromatic carbocycles. The number of sulfone groups is 1. The highest BCUT2D eigenvalue weighted by Crippen LogP contribution is 2.52. The summed E-state index contributed by atoms with van der Waals surface area (Å²) in [6.07, 6.45) is 0.0845. The Labute approximate surface area is 195 Å². The SMILES string of the molecule is O=C(O)C(NC1(C(=O)O)CC1c1ccccc1)S(=O)(=O)c1ccc(-c2ccc(Cl)cc2)cc1. The summed E-state index contributed by atoms with van der Waals surface area (Å²) in [4.78, 5) is 23.8. The second kappa shape index (κ2) is 8.62. The molecule has 0 spiro atoms. The van der Waals surface area contributed by atoms with Crippen molar-refractivity contribution < 1.29 is 28.2 Å². The fourth-order valence-corrected chi connectivity index (χ4v) is 5.47. The summed E-state index contributed by atoms with van der Waals surface area (Å²) in [6.45, 7) is 0. The molecule has 0 radical (unpaired) electrons. The molecule has 33 heavy (non-hydrogen) atoms. The number of hydrogen-bond acceptors (Lipinski definition) is 5. The lowest BCUT2D eigenvalue weighted by Gasteiger charge is -2.21. The van der Waals surface area contributed by atoms with E-state index in [0.29, 0.717) is 10.6 Å². The van der Waals surface area contributed by atoms with Gasteiger partial charge >= 0.3 is 11.9 Å². The van der Waals surface area contributed by atoms with Crippen LogP contribution in [0.25, 0.3) is 11.1 Å². The van der Waals surface area contributed by atoms with Gasteiger partial charge in [-0.1, -0.05) is 66.2 Å². The molecule has 0 saturated heterocycles. The lowest BCUT2D eigenvalue weighted by Crippen LogP contribution is -2.53. The van der Waals surface area contributed by atoms with Crippen molar-refractivity contribution in [3.63, 3.8) is 0 Å². The van der Waals surface area contributed by atoms with Crippen molar-refractivity contribution in [2.75, 3.05) is 0 Å². The third kappa shape index (κ3) is 4.37. The molecule has 0 heterocycles. The Kier molecular flexibility index (Phi) is 6.00. The molecule has 1 aliphatic carbocycles. The molecule has 1 saturated carbocycles. The number of hydrogen-bond donors (Lipinski definition) is 3. The number of aliphatic carboxylic acids is 2. The van der Waals surface area contributed by atoms with E-state index in [1.54, 1.807) is 66.7 Å². The van der Waals surface area contributed by atoms with Crippen LogP contribution in [-0.4, -0.2) is 41.5 Å². The summed E-state index contributed by atoms with van der Waals surface area (Å²) in [5.41, 5.74) is 0.547. The Morgan fingerprint density at radius 1 is 0.909 bits per heavy atom. The summed E-state index contributed by atoms with van der Waals surface area (Å²) in [5.74, 6) is -3.51. The van der Waals surface area contributed by atoms with Gasteiger partial charge in [0.1, 0.15) is 5.54 Å². The molecule has 3 atom stereocenters. The Hall–Kier alpha value is -3.20. The zero-order chi connectivity index (χ0) is 23.8. The molecule has 3 aromatic rings. The molecule has 1 fully saturated rings. The van der Waals surface area contributed by atoms with Crippen molar-refractivity contribution in [2.45, 2.75) is 28.1 Å². The minimum Gasteiger partial charge on any atom is -0.480 e. The van der Waals surface area contributed by atoms with Crippen LogP contribution in [0.1, 0.15) is 17.9 Å². The maximum Gasteiger partial charge on any atom is 0.337 e. The number of carbonyl (C=O) groups is 2. The number of nitrogens with one attached hydrogen (secondary N) is 1. The highest BCUT2D eigenvalue weighted by atomic mass is 35.5. The average Bonchev–Trinajstić information content (AvgIpc) is 3.54. The van der Waals surface area contributed by atoms with E-state index in [4.69, 9.17) is 11.6 Å². The van der Waals surface area contributed by atoms with E-state index in [0.717, 1.165) is 11.1 Å². The Bertz CT molecular complexity index is 1290. The lowest BCUT2D eigenvalue weighted by atomic mass is 10.1. The second-order valence-electron chi connectivity index (χ2n) is 7.88. The fourth-order valence-electron chi connectivity index (χ4n) is 3.93. The molecule has 3 unspecified atom stereocenters. The van der Waals surface area contributed by atoms with Gasteiger partial charge in [-0.2, -0.15) is 0 Å². The molecule has 0 amide bonds. The number of carboxylic acid groups (broad SMARTS) is 2. The minimum absolute atomic E-state index is 0.0845. The van der Waals surface area contributed by atoms with Crippen molar-refractivity contribution in [3.8, 4) is 11.1 Å². The van der Waals surface area contributed by atoms with Gasteiger partial charge in [0.05, 0.1) is 4.90 Å². The van der Waals surface area contributed by atoms with Gasteiger partial charge in [0.15, 0.2) is 0 Å². The molecule has 170 valence electrons. The van der Waals surface area contributed by atoms with Crippen LogP contribution in [0.4, 0.5) is 0 Å². The zero-order valence-electron chi connectivity index (χ0n) is 17.2. The molecule has 9 heteroatoms. The number of carboxylic acids is 2. The average molecular weight is 486 g/mol.